The van der Waals surface area contributed by atoms with Gasteiger partial charge < -0.3 is 23.4 Å². The van der Waals surface area contributed by atoms with E-state index in [1.807, 2.05) is 13.8 Å². The van der Waals surface area contributed by atoms with Crippen LogP contribution in [0.25, 0.3) is 0 Å². The summed E-state index contributed by atoms with van der Waals surface area (Å²) >= 11 is 0. The highest BCUT2D eigenvalue weighted by molar-refractivity contribution is 5.93. The van der Waals surface area contributed by atoms with Crippen LogP contribution in [0.5, 0.6) is 0 Å². The molecule has 4 rings (SSSR count). The summed E-state index contributed by atoms with van der Waals surface area (Å²) in [6, 6.07) is 1.74. The second-order valence-electron chi connectivity index (χ2n) is 9.88. The third kappa shape index (κ3) is 3.86. The summed E-state index contributed by atoms with van der Waals surface area (Å²) in [4.78, 5) is 51.8. The number of ether oxygens (including phenoxy) is 4. The predicted octanol–water partition coefficient (Wildman–Crippen LogP) is 2.97. The Hall–Kier alpha value is -2.68. The van der Waals surface area contributed by atoms with Gasteiger partial charge in [0.1, 0.15) is 6.10 Å². The summed E-state index contributed by atoms with van der Waals surface area (Å²) in [5.74, 6) is -3.62. The van der Waals surface area contributed by atoms with Crippen LogP contribution in [0, 0.1) is 28.6 Å². The zero-order valence-corrected chi connectivity index (χ0v) is 19.3. The first-order valence-corrected chi connectivity index (χ1v) is 11.2. The van der Waals surface area contributed by atoms with Crippen molar-refractivity contribution in [3.63, 3.8) is 0 Å². The smallest absolute Gasteiger partial charge is 0.311 e. The molecule has 0 radical (unpaired) electrons. The van der Waals surface area contributed by atoms with Crippen LogP contribution in [-0.2, 0) is 38.1 Å². The molecule has 0 bridgehead atoms. The van der Waals surface area contributed by atoms with E-state index in [2.05, 4.69) is 0 Å². The van der Waals surface area contributed by atoms with Crippen molar-refractivity contribution in [2.75, 3.05) is 13.9 Å². The molecule has 2 heterocycles. The Labute approximate surface area is 192 Å². The van der Waals surface area contributed by atoms with Gasteiger partial charge in [-0.2, -0.15) is 0 Å². The number of cyclic esters (lactones) is 1. The maximum Gasteiger partial charge on any atom is 0.311 e. The lowest BCUT2D eigenvalue weighted by atomic mass is 9.43. The third-order valence-electron chi connectivity index (χ3n) is 7.93. The molecular weight excluding hydrogens is 432 g/mol. The summed E-state index contributed by atoms with van der Waals surface area (Å²) in [7, 11) is 1.42. The highest BCUT2D eigenvalue weighted by Crippen LogP contribution is 2.65. The Balaban J connectivity index is 1.76. The molecule has 0 aromatic carbocycles. The minimum Gasteiger partial charge on any atom is -0.472 e. The number of fused-ring (bicyclic) bond motifs is 3. The zero-order chi connectivity index (χ0) is 24.0. The molecule has 0 amide bonds. The van der Waals surface area contributed by atoms with Gasteiger partial charge in [0.2, 0.25) is 0 Å². The minimum absolute atomic E-state index is 0.0459. The van der Waals surface area contributed by atoms with E-state index >= 15 is 0 Å². The second kappa shape index (κ2) is 8.59. The number of hydrogen-bond donors (Lipinski definition) is 0. The van der Waals surface area contributed by atoms with Crippen LogP contribution < -0.4 is 0 Å². The predicted molar refractivity (Wildman–Crippen MR) is 111 cm³/mol. The monoisotopic (exact) mass is 462 g/mol. The molecule has 1 aromatic heterocycles. The topological polar surface area (TPSA) is 118 Å². The van der Waals surface area contributed by atoms with Gasteiger partial charge in [-0.15, -0.1) is 0 Å². The second-order valence-corrected chi connectivity index (χ2v) is 9.88. The molecule has 3 aliphatic rings. The van der Waals surface area contributed by atoms with Gasteiger partial charge in [-0.1, -0.05) is 13.8 Å². The molecule has 2 saturated carbocycles. The Bertz CT molecular complexity index is 938. The molecule has 2 aliphatic carbocycles. The summed E-state index contributed by atoms with van der Waals surface area (Å²) in [6.07, 6.45) is 2.77. The molecule has 0 N–H and O–H groups in total. The lowest BCUT2D eigenvalue weighted by Gasteiger charge is -2.61. The highest BCUT2D eigenvalue weighted by Gasteiger charge is 2.67. The third-order valence-corrected chi connectivity index (χ3v) is 7.93. The van der Waals surface area contributed by atoms with Crippen molar-refractivity contribution in [1.82, 2.24) is 0 Å². The van der Waals surface area contributed by atoms with Crippen LogP contribution in [0.2, 0.25) is 0 Å². The van der Waals surface area contributed by atoms with Crippen LogP contribution in [-0.4, -0.2) is 43.7 Å². The fourth-order valence-corrected chi connectivity index (χ4v) is 6.54. The first-order valence-electron chi connectivity index (χ1n) is 11.2. The van der Waals surface area contributed by atoms with Crippen molar-refractivity contribution in [3.8, 4) is 0 Å². The Morgan fingerprint density at radius 1 is 1.21 bits per heavy atom. The molecule has 7 atom stereocenters. The molecule has 9 nitrogen and oxygen atoms in total. The van der Waals surface area contributed by atoms with Crippen LogP contribution in [0.15, 0.2) is 23.0 Å². The van der Waals surface area contributed by atoms with Crippen molar-refractivity contribution < 1.29 is 42.5 Å². The Morgan fingerprint density at radius 3 is 2.61 bits per heavy atom. The van der Waals surface area contributed by atoms with E-state index < -0.39 is 52.7 Å². The van der Waals surface area contributed by atoms with E-state index in [0.29, 0.717) is 24.8 Å². The molecule has 1 aromatic rings. The summed E-state index contributed by atoms with van der Waals surface area (Å²) in [5, 5.41) is 0. The Kier molecular flexibility index (Phi) is 6.11. The molecule has 0 spiro atoms. The quantitative estimate of drug-likeness (QED) is 0.370. The van der Waals surface area contributed by atoms with E-state index in [1.54, 1.807) is 6.07 Å². The number of hydrogen-bond acceptors (Lipinski definition) is 9. The van der Waals surface area contributed by atoms with Gasteiger partial charge in [0.25, 0.3) is 0 Å². The fourth-order valence-electron chi connectivity index (χ4n) is 6.54. The van der Waals surface area contributed by atoms with Gasteiger partial charge in [-0.05, 0) is 36.2 Å². The van der Waals surface area contributed by atoms with Crippen LogP contribution >= 0.6 is 0 Å². The number of carbonyl (C=O) groups excluding carboxylic acids is 4. The normalized spacial score (nSPS) is 38.0. The molecule has 9 heteroatoms. The average molecular weight is 462 g/mol. The van der Waals surface area contributed by atoms with Gasteiger partial charge >= 0.3 is 17.9 Å². The van der Waals surface area contributed by atoms with Crippen molar-refractivity contribution in [3.05, 3.63) is 24.2 Å². The fraction of sp³-hybridized carbons (Fsp3) is 0.667. The van der Waals surface area contributed by atoms with Crippen molar-refractivity contribution in [2.24, 2.45) is 28.6 Å². The van der Waals surface area contributed by atoms with Crippen LogP contribution in [0.1, 0.15) is 58.1 Å². The lowest BCUT2D eigenvalue weighted by Crippen LogP contribution is -2.64. The van der Waals surface area contributed by atoms with Crippen molar-refractivity contribution >= 4 is 23.7 Å². The number of furan rings is 1. The van der Waals surface area contributed by atoms with E-state index in [9.17, 15) is 19.2 Å². The molecule has 33 heavy (non-hydrogen) atoms. The molecule has 180 valence electrons. The van der Waals surface area contributed by atoms with E-state index in [4.69, 9.17) is 23.4 Å². The number of methoxy groups -OCH3 is 1. The largest absolute Gasteiger partial charge is 0.472 e. The van der Waals surface area contributed by atoms with Crippen LogP contribution in [0.4, 0.5) is 0 Å². The lowest BCUT2D eigenvalue weighted by molar-refractivity contribution is -0.212. The maximum atomic E-state index is 13.8. The Morgan fingerprint density at radius 2 is 1.97 bits per heavy atom. The minimum atomic E-state index is -1.08. The number of ketones is 1. The molecular formula is C24H30O9. The summed E-state index contributed by atoms with van der Waals surface area (Å²) in [5.41, 5.74) is -0.867. The number of rotatable bonds is 5. The van der Waals surface area contributed by atoms with Crippen LogP contribution in [0.3, 0.4) is 0 Å². The van der Waals surface area contributed by atoms with Gasteiger partial charge in [0.05, 0.1) is 24.4 Å². The zero-order valence-electron chi connectivity index (χ0n) is 19.3. The molecule has 1 aliphatic heterocycles. The standard InChI is InChI=1S/C24H30O9/c1-13(25)32-17-9-16(21(27)31-12-29-4)23(2)7-5-15-22(28)33-18(14-6-8-30-11-14)10-24(15,3)20(23)19(17)26/h6,8,11,15-18,20H,5,7,9-10,12H2,1-4H3/t15-,16-,17-,18-,20-,23-,24-/m0/s1. The highest BCUT2D eigenvalue weighted by atomic mass is 16.7. The van der Waals surface area contributed by atoms with E-state index in [1.165, 1.54) is 26.6 Å². The summed E-state index contributed by atoms with van der Waals surface area (Å²) < 4.78 is 26.5. The van der Waals surface area contributed by atoms with Gasteiger partial charge in [0.15, 0.2) is 18.7 Å². The SMILES string of the molecule is COCOC(=O)[C@@H]1C[C@H](OC(C)=O)C(=O)[C@H]2[C@@]1(C)CC[C@H]1C(=O)O[C@H](c3ccoc3)C[C@]21C. The van der Waals surface area contributed by atoms with Gasteiger partial charge in [0, 0.05) is 31.9 Å². The first kappa shape index (κ1) is 23.5. The maximum absolute atomic E-state index is 13.8. The van der Waals surface area contributed by atoms with Gasteiger partial charge in [-0.25, -0.2) is 0 Å². The molecule has 3 fully saturated rings. The number of Topliss-reactive ketones (excluding diaryl/α,β-unsaturated/α-hetero) is 1. The van der Waals surface area contributed by atoms with Crippen molar-refractivity contribution in [1.29, 1.82) is 0 Å². The molecule has 1 saturated heterocycles. The number of carbonyl (C=O) groups is 4. The number of esters is 3. The van der Waals surface area contributed by atoms with E-state index in [0.717, 1.165) is 0 Å². The first-order chi connectivity index (χ1) is 15.6. The van der Waals surface area contributed by atoms with E-state index in [-0.39, 0.29) is 25.0 Å². The van der Waals surface area contributed by atoms with Gasteiger partial charge in [-0.3, -0.25) is 19.2 Å². The van der Waals surface area contributed by atoms with Crippen molar-refractivity contribution in [2.45, 2.75) is 58.7 Å². The average Bonchev–Trinajstić information content (AvgIpc) is 3.27. The summed E-state index contributed by atoms with van der Waals surface area (Å²) in [6.45, 7) is 4.85. The molecule has 0 unspecified atom stereocenters.